The number of nitrogens with zero attached hydrogens (tertiary/aromatic N) is 2. The van der Waals surface area contributed by atoms with Crippen LogP contribution in [0.1, 0.15) is 25.5 Å². The number of carbonyl (C=O) groups excluding carboxylic acids is 1. The standard InChI is InChI=1S/C20H17ClFN3O6/c1-10(13-5-3-4-6-14(13)21)30-20(28)24-16-17(31-25-18(16)22)12-7-8-15(23-9-12)29-11(2)19(26)27/h3-11H,1-2H3,(H,24,28)(H,26,27). The largest absolute Gasteiger partial charge is 0.479 e. The molecule has 2 unspecified atom stereocenters. The number of carboxylic acids is 1. The molecule has 1 aromatic carbocycles. The minimum absolute atomic E-state index is 0.0427. The summed E-state index contributed by atoms with van der Waals surface area (Å²) in [6.07, 6.45) is -1.49. The van der Waals surface area contributed by atoms with Crippen molar-refractivity contribution >= 4 is 29.4 Å². The van der Waals surface area contributed by atoms with E-state index in [1.54, 1.807) is 31.2 Å². The average molecular weight is 450 g/mol. The lowest BCUT2D eigenvalue weighted by Gasteiger charge is -2.15. The number of amides is 1. The molecule has 0 aliphatic rings. The second-order valence-electron chi connectivity index (χ2n) is 6.35. The van der Waals surface area contributed by atoms with E-state index in [1.165, 1.54) is 25.3 Å². The number of pyridine rings is 1. The number of nitrogens with one attached hydrogen (secondary N) is 1. The van der Waals surface area contributed by atoms with Crippen LogP contribution in [0.3, 0.4) is 0 Å². The van der Waals surface area contributed by atoms with Gasteiger partial charge in [-0.15, -0.1) is 0 Å². The summed E-state index contributed by atoms with van der Waals surface area (Å²) in [5.74, 6) is -2.28. The predicted molar refractivity (Wildman–Crippen MR) is 107 cm³/mol. The number of rotatable bonds is 7. The summed E-state index contributed by atoms with van der Waals surface area (Å²) in [5.41, 5.74) is 0.507. The number of aliphatic carboxylic acids is 1. The van der Waals surface area contributed by atoms with Crippen LogP contribution in [0.5, 0.6) is 5.88 Å². The molecule has 0 saturated carbocycles. The molecule has 2 atom stereocenters. The smallest absolute Gasteiger partial charge is 0.412 e. The van der Waals surface area contributed by atoms with Crippen molar-refractivity contribution in [3.05, 3.63) is 59.1 Å². The van der Waals surface area contributed by atoms with Gasteiger partial charge in [0, 0.05) is 28.4 Å². The quantitative estimate of drug-likeness (QED) is 0.532. The molecule has 0 aliphatic heterocycles. The minimum atomic E-state index is -1.15. The van der Waals surface area contributed by atoms with Crippen molar-refractivity contribution in [1.29, 1.82) is 0 Å². The molecule has 2 N–H and O–H groups in total. The topological polar surface area (TPSA) is 124 Å². The molecule has 9 nitrogen and oxygen atoms in total. The molecule has 0 fully saturated rings. The molecule has 3 rings (SSSR count). The maximum absolute atomic E-state index is 14.1. The fraction of sp³-hybridized carbons (Fsp3) is 0.200. The molecule has 31 heavy (non-hydrogen) atoms. The first-order valence-electron chi connectivity index (χ1n) is 8.99. The van der Waals surface area contributed by atoms with Gasteiger partial charge in [0.05, 0.1) is 0 Å². The SMILES string of the molecule is CC(Oc1ccc(-c2onc(F)c2NC(=O)OC(C)c2ccccc2Cl)cn1)C(=O)O. The lowest BCUT2D eigenvalue weighted by molar-refractivity contribution is -0.144. The molecule has 2 heterocycles. The van der Waals surface area contributed by atoms with Crippen LogP contribution in [0.2, 0.25) is 5.02 Å². The van der Waals surface area contributed by atoms with Crippen molar-refractivity contribution in [2.75, 3.05) is 5.32 Å². The van der Waals surface area contributed by atoms with Crippen LogP contribution >= 0.6 is 11.6 Å². The van der Waals surface area contributed by atoms with E-state index in [-0.39, 0.29) is 22.9 Å². The third-order valence-electron chi connectivity index (χ3n) is 4.15. The second kappa shape index (κ2) is 9.43. The van der Waals surface area contributed by atoms with Gasteiger partial charge in [-0.1, -0.05) is 29.8 Å². The number of ether oxygens (including phenoxy) is 2. The van der Waals surface area contributed by atoms with Gasteiger partial charge in [0.25, 0.3) is 5.95 Å². The Labute approximate surface area is 180 Å². The van der Waals surface area contributed by atoms with E-state index in [0.717, 1.165) is 0 Å². The molecule has 0 spiro atoms. The number of carboxylic acid groups (broad SMARTS) is 1. The Kier molecular flexibility index (Phi) is 6.71. The van der Waals surface area contributed by atoms with Crippen molar-refractivity contribution < 1.29 is 33.1 Å². The summed E-state index contributed by atoms with van der Waals surface area (Å²) in [6.45, 7) is 2.97. The number of aromatic nitrogens is 2. The molecule has 1 amide bonds. The van der Waals surface area contributed by atoms with Crippen molar-refractivity contribution in [3.8, 4) is 17.2 Å². The van der Waals surface area contributed by atoms with E-state index >= 15 is 0 Å². The number of carbonyl (C=O) groups is 2. The van der Waals surface area contributed by atoms with Gasteiger partial charge in [-0.2, -0.15) is 4.39 Å². The van der Waals surface area contributed by atoms with E-state index in [4.69, 9.17) is 30.7 Å². The van der Waals surface area contributed by atoms with E-state index in [0.29, 0.717) is 10.6 Å². The summed E-state index contributed by atoms with van der Waals surface area (Å²) in [7, 11) is 0. The number of halogens is 2. The van der Waals surface area contributed by atoms with Crippen molar-refractivity contribution in [2.24, 2.45) is 0 Å². The zero-order valence-corrected chi connectivity index (χ0v) is 17.1. The Morgan fingerprint density at radius 2 is 1.97 bits per heavy atom. The Morgan fingerprint density at radius 1 is 1.23 bits per heavy atom. The maximum atomic E-state index is 14.1. The number of hydrogen-bond acceptors (Lipinski definition) is 7. The monoisotopic (exact) mass is 449 g/mol. The first-order valence-corrected chi connectivity index (χ1v) is 9.37. The van der Waals surface area contributed by atoms with Gasteiger partial charge < -0.3 is 19.1 Å². The van der Waals surface area contributed by atoms with E-state index in [1.807, 2.05) is 0 Å². The Hall–Kier alpha value is -3.66. The molecule has 2 aromatic heterocycles. The highest BCUT2D eigenvalue weighted by Crippen LogP contribution is 2.32. The van der Waals surface area contributed by atoms with Crippen LogP contribution in [-0.2, 0) is 9.53 Å². The first-order chi connectivity index (χ1) is 14.8. The predicted octanol–water partition coefficient (Wildman–Crippen LogP) is 4.69. The third kappa shape index (κ3) is 5.28. The van der Waals surface area contributed by atoms with Crippen LogP contribution in [0.4, 0.5) is 14.9 Å². The average Bonchev–Trinajstić information content (AvgIpc) is 3.08. The summed E-state index contributed by atoms with van der Waals surface area (Å²) >= 11 is 6.09. The van der Waals surface area contributed by atoms with Crippen LogP contribution in [0.15, 0.2) is 47.1 Å². The summed E-state index contributed by atoms with van der Waals surface area (Å²) in [6, 6.07) is 9.66. The van der Waals surface area contributed by atoms with Crippen LogP contribution in [-0.4, -0.2) is 33.4 Å². The molecule has 0 bridgehead atoms. The van der Waals surface area contributed by atoms with Gasteiger partial charge in [-0.25, -0.2) is 14.6 Å². The van der Waals surface area contributed by atoms with Crippen LogP contribution < -0.4 is 10.1 Å². The number of anilines is 1. The Bertz CT molecular complexity index is 1090. The molecule has 11 heteroatoms. The normalized spacial score (nSPS) is 12.6. The Balaban J connectivity index is 1.73. The first kappa shape index (κ1) is 22.0. The molecular formula is C20H17ClFN3O6. The minimum Gasteiger partial charge on any atom is -0.479 e. The highest BCUT2D eigenvalue weighted by molar-refractivity contribution is 6.31. The molecule has 3 aromatic rings. The molecule has 0 saturated heterocycles. The van der Waals surface area contributed by atoms with Crippen molar-refractivity contribution in [2.45, 2.75) is 26.1 Å². The summed E-state index contributed by atoms with van der Waals surface area (Å²) in [5, 5.41) is 14.8. The van der Waals surface area contributed by atoms with Gasteiger partial charge in [0.1, 0.15) is 11.8 Å². The maximum Gasteiger partial charge on any atom is 0.412 e. The van der Waals surface area contributed by atoms with Gasteiger partial charge in [0.2, 0.25) is 5.88 Å². The lowest BCUT2D eigenvalue weighted by atomic mass is 10.1. The van der Waals surface area contributed by atoms with Gasteiger partial charge in [0.15, 0.2) is 11.9 Å². The van der Waals surface area contributed by atoms with Crippen molar-refractivity contribution in [1.82, 2.24) is 10.1 Å². The fourth-order valence-electron chi connectivity index (χ4n) is 2.55. The second-order valence-corrected chi connectivity index (χ2v) is 6.76. The highest BCUT2D eigenvalue weighted by atomic mass is 35.5. The van der Waals surface area contributed by atoms with Crippen molar-refractivity contribution in [3.63, 3.8) is 0 Å². The van der Waals surface area contributed by atoms with E-state index < -0.39 is 30.2 Å². The van der Waals surface area contributed by atoms with Crippen LogP contribution in [0.25, 0.3) is 11.3 Å². The number of hydrogen-bond donors (Lipinski definition) is 2. The Morgan fingerprint density at radius 3 is 2.61 bits per heavy atom. The zero-order chi connectivity index (χ0) is 22.5. The summed E-state index contributed by atoms with van der Waals surface area (Å²) in [4.78, 5) is 27.1. The molecule has 0 radical (unpaired) electrons. The van der Waals surface area contributed by atoms with Gasteiger partial charge >= 0.3 is 12.1 Å². The fourth-order valence-corrected chi connectivity index (χ4v) is 2.84. The molecule has 162 valence electrons. The third-order valence-corrected chi connectivity index (χ3v) is 4.49. The van der Waals surface area contributed by atoms with E-state index in [9.17, 15) is 14.0 Å². The molecule has 0 aliphatic carbocycles. The van der Waals surface area contributed by atoms with Gasteiger partial charge in [-0.3, -0.25) is 5.32 Å². The molecular weight excluding hydrogens is 433 g/mol. The summed E-state index contributed by atoms with van der Waals surface area (Å²) < 4.78 is 29.5. The van der Waals surface area contributed by atoms with Crippen LogP contribution in [0, 0.1) is 5.95 Å². The van der Waals surface area contributed by atoms with E-state index in [2.05, 4.69) is 15.5 Å². The van der Waals surface area contributed by atoms with Gasteiger partial charge in [-0.05, 0) is 31.1 Å². The zero-order valence-electron chi connectivity index (χ0n) is 16.3. The highest BCUT2D eigenvalue weighted by Gasteiger charge is 2.23. The number of benzene rings is 1. The lowest BCUT2D eigenvalue weighted by Crippen LogP contribution is -2.23.